The number of benzene rings is 1. The van der Waals surface area contributed by atoms with Gasteiger partial charge in [0.1, 0.15) is 0 Å². The molecule has 1 heterocycles. The number of hydrogen-bond donors (Lipinski definition) is 3. The van der Waals surface area contributed by atoms with Crippen LogP contribution >= 0.6 is 15.9 Å². The van der Waals surface area contributed by atoms with E-state index in [1.54, 1.807) is 0 Å². The lowest BCUT2D eigenvalue weighted by atomic mass is 10.0. The van der Waals surface area contributed by atoms with Gasteiger partial charge in [-0.05, 0) is 30.7 Å². The van der Waals surface area contributed by atoms with Gasteiger partial charge in [0.2, 0.25) is 11.8 Å². The van der Waals surface area contributed by atoms with E-state index in [4.69, 9.17) is 0 Å². The molecule has 2 atom stereocenters. The molecule has 1 aliphatic rings. The van der Waals surface area contributed by atoms with Crippen LogP contribution in [-0.4, -0.2) is 30.9 Å². The summed E-state index contributed by atoms with van der Waals surface area (Å²) in [5, 5.41) is 9.05. The highest BCUT2D eigenvalue weighted by Crippen LogP contribution is 2.20. The van der Waals surface area contributed by atoms with Crippen molar-refractivity contribution in [2.75, 3.05) is 13.1 Å². The van der Waals surface area contributed by atoms with Crippen molar-refractivity contribution in [3.05, 3.63) is 34.3 Å². The largest absolute Gasteiger partial charge is 0.352 e. The molecule has 1 aromatic rings. The van der Waals surface area contributed by atoms with Gasteiger partial charge in [-0.3, -0.25) is 9.59 Å². The molecule has 0 aromatic heterocycles. The highest BCUT2D eigenvalue weighted by molar-refractivity contribution is 9.10. The molecule has 3 N–H and O–H groups in total. The number of carbonyl (C=O) groups excluding carboxylic acids is 2. The van der Waals surface area contributed by atoms with Crippen molar-refractivity contribution in [2.45, 2.75) is 31.8 Å². The van der Waals surface area contributed by atoms with Crippen LogP contribution in [0, 0.1) is 0 Å². The van der Waals surface area contributed by atoms with E-state index < -0.39 is 0 Å². The number of nitrogens with one attached hydrogen (secondary N) is 3. The van der Waals surface area contributed by atoms with Crippen LogP contribution in [-0.2, 0) is 9.59 Å². The van der Waals surface area contributed by atoms with Crippen molar-refractivity contribution >= 4 is 27.7 Å². The molecule has 2 unspecified atom stereocenters. The lowest BCUT2D eigenvalue weighted by molar-refractivity contribution is -0.123. The summed E-state index contributed by atoms with van der Waals surface area (Å²) < 4.78 is 0.967. The molecular formula is C15H20BrN3O2. The zero-order chi connectivity index (χ0) is 15.2. The highest BCUT2D eigenvalue weighted by atomic mass is 79.9. The van der Waals surface area contributed by atoms with Crippen LogP contribution in [0.3, 0.4) is 0 Å². The molecule has 2 amide bonds. The standard InChI is InChI=1S/C15H20BrN3O2/c1-10(20)18-14(11-2-4-12(16)5-3-11)8-15(21)19-13-6-7-17-9-13/h2-5,13-14,17H,6-9H2,1H3,(H,18,20)(H,19,21). The zero-order valence-electron chi connectivity index (χ0n) is 12.0. The van der Waals surface area contributed by atoms with Crippen molar-refractivity contribution in [1.29, 1.82) is 0 Å². The molecule has 0 bridgehead atoms. The summed E-state index contributed by atoms with van der Waals surface area (Å²) in [7, 11) is 0. The molecule has 6 heteroatoms. The Morgan fingerprint density at radius 1 is 1.38 bits per heavy atom. The predicted molar refractivity (Wildman–Crippen MR) is 84.7 cm³/mol. The van der Waals surface area contributed by atoms with Crippen LogP contribution < -0.4 is 16.0 Å². The van der Waals surface area contributed by atoms with E-state index in [0.29, 0.717) is 0 Å². The summed E-state index contributed by atoms with van der Waals surface area (Å²) in [5.74, 6) is -0.177. The lowest BCUT2D eigenvalue weighted by Crippen LogP contribution is -2.39. The molecule has 1 saturated heterocycles. The van der Waals surface area contributed by atoms with Crippen molar-refractivity contribution < 1.29 is 9.59 Å². The monoisotopic (exact) mass is 353 g/mol. The number of rotatable bonds is 5. The van der Waals surface area contributed by atoms with Gasteiger partial charge in [-0.2, -0.15) is 0 Å². The van der Waals surface area contributed by atoms with Crippen LogP contribution in [0.1, 0.15) is 31.4 Å². The third-order valence-corrected chi connectivity index (χ3v) is 3.99. The fourth-order valence-corrected chi connectivity index (χ4v) is 2.71. The number of carbonyl (C=O) groups is 2. The van der Waals surface area contributed by atoms with Crippen LogP contribution in [0.2, 0.25) is 0 Å². The topological polar surface area (TPSA) is 70.2 Å². The molecule has 21 heavy (non-hydrogen) atoms. The summed E-state index contributed by atoms with van der Waals surface area (Å²) in [6.45, 7) is 3.21. The van der Waals surface area contributed by atoms with Gasteiger partial charge >= 0.3 is 0 Å². The van der Waals surface area contributed by atoms with E-state index in [1.807, 2.05) is 24.3 Å². The molecule has 0 radical (unpaired) electrons. The van der Waals surface area contributed by atoms with Gasteiger partial charge in [-0.1, -0.05) is 28.1 Å². The Labute approximate surface area is 133 Å². The number of halogens is 1. The van der Waals surface area contributed by atoms with Gasteiger partial charge in [0.25, 0.3) is 0 Å². The summed E-state index contributed by atoms with van der Waals surface area (Å²) in [6.07, 6.45) is 1.20. The van der Waals surface area contributed by atoms with Crippen LogP contribution in [0.25, 0.3) is 0 Å². The quantitative estimate of drug-likeness (QED) is 0.751. The SMILES string of the molecule is CC(=O)NC(CC(=O)NC1CCNC1)c1ccc(Br)cc1. The Bertz CT molecular complexity index is 498. The van der Waals surface area contributed by atoms with E-state index in [2.05, 4.69) is 31.9 Å². The third-order valence-electron chi connectivity index (χ3n) is 3.46. The first kappa shape index (κ1) is 16.0. The van der Waals surface area contributed by atoms with E-state index in [-0.39, 0.29) is 30.3 Å². The van der Waals surface area contributed by atoms with Gasteiger partial charge in [-0.25, -0.2) is 0 Å². The fraction of sp³-hybridized carbons (Fsp3) is 0.467. The predicted octanol–water partition coefficient (Wildman–Crippen LogP) is 1.49. The van der Waals surface area contributed by atoms with E-state index in [9.17, 15) is 9.59 Å². The molecule has 114 valence electrons. The Morgan fingerprint density at radius 3 is 2.67 bits per heavy atom. The first-order valence-electron chi connectivity index (χ1n) is 7.07. The Morgan fingerprint density at radius 2 is 2.10 bits per heavy atom. The maximum absolute atomic E-state index is 12.1. The minimum atomic E-state index is -0.301. The van der Waals surface area contributed by atoms with E-state index in [1.165, 1.54) is 6.92 Å². The Hall–Kier alpha value is -1.40. The Kier molecular flexibility index (Phi) is 5.76. The normalized spacial score (nSPS) is 19.0. The average Bonchev–Trinajstić information content (AvgIpc) is 2.91. The van der Waals surface area contributed by atoms with Gasteiger partial charge < -0.3 is 16.0 Å². The molecule has 5 nitrogen and oxygen atoms in total. The molecule has 0 spiro atoms. The van der Waals surface area contributed by atoms with E-state index in [0.717, 1.165) is 29.5 Å². The van der Waals surface area contributed by atoms with Gasteiger partial charge in [0.05, 0.1) is 12.5 Å². The first-order valence-corrected chi connectivity index (χ1v) is 7.86. The molecule has 2 rings (SSSR count). The summed E-state index contributed by atoms with van der Waals surface area (Å²) in [4.78, 5) is 23.5. The average molecular weight is 354 g/mol. The maximum Gasteiger partial charge on any atom is 0.222 e. The van der Waals surface area contributed by atoms with Crippen LogP contribution in [0.5, 0.6) is 0 Å². The molecule has 1 fully saturated rings. The minimum absolute atomic E-state index is 0.0367. The number of hydrogen-bond acceptors (Lipinski definition) is 3. The van der Waals surface area contributed by atoms with Crippen LogP contribution in [0.15, 0.2) is 28.7 Å². The van der Waals surface area contributed by atoms with Gasteiger partial charge in [0, 0.05) is 24.0 Å². The second-order valence-corrected chi connectivity index (χ2v) is 6.18. The first-order chi connectivity index (χ1) is 10.0. The molecule has 1 aromatic carbocycles. The molecule has 0 saturated carbocycles. The summed E-state index contributed by atoms with van der Waals surface area (Å²) in [5.41, 5.74) is 0.924. The highest BCUT2D eigenvalue weighted by Gasteiger charge is 2.21. The van der Waals surface area contributed by atoms with Crippen molar-refractivity contribution in [3.63, 3.8) is 0 Å². The number of amides is 2. The fourth-order valence-electron chi connectivity index (χ4n) is 2.44. The summed E-state index contributed by atoms with van der Waals surface area (Å²) >= 11 is 3.38. The molecule has 0 aliphatic carbocycles. The zero-order valence-corrected chi connectivity index (χ0v) is 13.6. The smallest absolute Gasteiger partial charge is 0.222 e. The second-order valence-electron chi connectivity index (χ2n) is 5.27. The minimum Gasteiger partial charge on any atom is -0.352 e. The summed E-state index contributed by atoms with van der Waals surface area (Å²) in [6, 6.07) is 7.53. The lowest BCUT2D eigenvalue weighted by Gasteiger charge is -2.19. The second kappa shape index (κ2) is 7.56. The van der Waals surface area contributed by atoms with Crippen LogP contribution in [0.4, 0.5) is 0 Å². The maximum atomic E-state index is 12.1. The van der Waals surface area contributed by atoms with Crippen molar-refractivity contribution in [3.8, 4) is 0 Å². The van der Waals surface area contributed by atoms with Crippen molar-refractivity contribution in [2.24, 2.45) is 0 Å². The molecule has 1 aliphatic heterocycles. The van der Waals surface area contributed by atoms with Gasteiger partial charge in [0.15, 0.2) is 0 Å². The van der Waals surface area contributed by atoms with Gasteiger partial charge in [-0.15, -0.1) is 0 Å². The third kappa shape index (κ3) is 5.13. The van der Waals surface area contributed by atoms with E-state index >= 15 is 0 Å². The Balaban J connectivity index is 1.99. The molecular weight excluding hydrogens is 334 g/mol. The van der Waals surface area contributed by atoms with Crippen molar-refractivity contribution in [1.82, 2.24) is 16.0 Å².